The molecule has 0 amide bonds. The van der Waals surface area contributed by atoms with Crippen molar-refractivity contribution in [3.05, 3.63) is 134 Å². The average molecular weight is 808 g/mol. The van der Waals surface area contributed by atoms with Crippen molar-refractivity contribution in [3.8, 4) is 56.9 Å². The fourth-order valence-electron chi connectivity index (χ4n) is 7.52. The van der Waals surface area contributed by atoms with Crippen molar-refractivity contribution in [1.29, 1.82) is 0 Å². The van der Waals surface area contributed by atoms with Crippen LogP contribution in [-0.2, 0) is 24.2 Å². The van der Waals surface area contributed by atoms with Gasteiger partial charge in [0.25, 0.3) is 0 Å². The Hall–Kier alpha value is -6.88. The van der Waals surface area contributed by atoms with Crippen LogP contribution in [0.25, 0.3) is 100 Å². The predicted molar refractivity (Wildman–Crippen MR) is 220 cm³/mol. The largest absolute Gasteiger partial charge is 2.00 e. The first-order valence-corrected chi connectivity index (χ1v) is 18.7. The van der Waals surface area contributed by atoms with Crippen molar-refractivity contribution in [2.75, 3.05) is 26.4 Å². The van der Waals surface area contributed by atoms with E-state index in [1.165, 1.54) is 0 Å². The Bertz CT molecular complexity index is 3210. The molecule has 0 unspecified atom stereocenters. The molecular formula is C46H30N8O3Zn. The van der Waals surface area contributed by atoms with Crippen molar-refractivity contribution in [1.82, 2.24) is 39.9 Å². The van der Waals surface area contributed by atoms with Crippen LogP contribution in [0.15, 0.2) is 134 Å². The van der Waals surface area contributed by atoms with E-state index < -0.39 is 0 Å². The first kappa shape index (κ1) is 35.5. The van der Waals surface area contributed by atoms with Gasteiger partial charge in [0.1, 0.15) is 30.2 Å². The molecule has 274 valence electrons. The van der Waals surface area contributed by atoms with Gasteiger partial charge in [0.15, 0.2) is 0 Å². The Morgan fingerprint density at radius 3 is 1.84 bits per heavy atom. The quantitative estimate of drug-likeness (QED) is 0.108. The van der Waals surface area contributed by atoms with Crippen molar-refractivity contribution >= 4 is 54.9 Å². The number of pyridine rings is 1. The Kier molecular flexibility index (Phi) is 9.12. The standard InChI is InChI=1S/C46H30N8O3.Zn/c1-3-14-30-28(12-1)35-26-36-29-13-2-4-15-31(29)42(49-36)53-46-39-34(45(54-46)52-44-33-17-6-5-16-32(33)43(51-44)50-41(30)48-35)18-8-19-37(39)56-24-22-55-23-25-57-38-20-7-10-27-11-9-21-47-40(27)38;/h1-21,26H,22-25H2;/q-2;+2. The van der Waals surface area contributed by atoms with E-state index in [0.717, 1.165) is 71.7 Å². The summed E-state index contributed by atoms with van der Waals surface area (Å²) in [4.78, 5) is 39.8. The second-order valence-corrected chi connectivity index (χ2v) is 13.6. The van der Waals surface area contributed by atoms with Crippen molar-refractivity contribution in [3.63, 3.8) is 0 Å². The molecule has 11 rings (SSSR count). The van der Waals surface area contributed by atoms with Gasteiger partial charge >= 0.3 is 19.5 Å². The Morgan fingerprint density at radius 1 is 0.466 bits per heavy atom. The van der Waals surface area contributed by atoms with Crippen LogP contribution in [0.4, 0.5) is 0 Å². The SMILES string of the molecule is [Zn+2].c1ccc2c(c1)-c1cc3[n-]c(nc4nc(nc5[n-]c(nc-2n1)c1ccccc51)-c1cccc(OCCOCCOc2cccc5cccnc25)c1-4)c1ccccc31. The summed E-state index contributed by atoms with van der Waals surface area (Å²) in [5, 5.41) is 4.60. The maximum Gasteiger partial charge on any atom is 2.00 e. The minimum atomic E-state index is 0. The van der Waals surface area contributed by atoms with Gasteiger partial charge in [-0.05, 0) is 57.0 Å². The van der Waals surface area contributed by atoms with Gasteiger partial charge in [-0.15, -0.1) is 0 Å². The van der Waals surface area contributed by atoms with Crippen LogP contribution in [0.5, 0.6) is 11.5 Å². The third-order valence-electron chi connectivity index (χ3n) is 10.1. The van der Waals surface area contributed by atoms with E-state index in [1.54, 1.807) is 6.20 Å². The number of hydrogen-bond acceptors (Lipinski definition) is 9. The molecule has 0 atom stereocenters. The van der Waals surface area contributed by atoms with E-state index in [4.69, 9.17) is 49.1 Å². The van der Waals surface area contributed by atoms with Crippen LogP contribution in [0, 0.1) is 0 Å². The Balaban J connectivity index is 0.00000408. The summed E-state index contributed by atoms with van der Waals surface area (Å²) >= 11 is 0. The molecule has 0 aliphatic carbocycles. The number of fused-ring (bicyclic) bond motifs is 21. The minimum absolute atomic E-state index is 0. The van der Waals surface area contributed by atoms with Crippen LogP contribution in [0.2, 0.25) is 0 Å². The van der Waals surface area contributed by atoms with Crippen molar-refractivity contribution in [2.24, 2.45) is 0 Å². The molecule has 12 heteroatoms. The van der Waals surface area contributed by atoms with E-state index in [1.807, 2.05) is 115 Å². The van der Waals surface area contributed by atoms with Crippen molar-refractivity contribution in [2.45, 2.75) is 0 Å². The van der Waals surface area contributed by atoms with E-state index >= 15 is 0 Å². The molecule has 11 nitrogen and oxygen atoms in total. The molecule has 0 fully saturated rings. The number of hydrogen-bond donors (Lipinski definition) is 0. The van der Waals surface area contributed by atoms with Crippen LogP contribution in [-0.4, -0.2) is 56.3 Å². The Labute approximate surface area is 344 Å². The smallest absolute Gasteiger partial charge is 0.490 e. The van der Waals surface area contributed by atoms with E-state index in [2.05, 4.69) is 17.1 Å². The van der Waals surface area contributed by atoms with Gasteiger partial charge in [-0.1, -0.05) is 103 Å². The second kappa shape index (κ2) is 14.9. The van der Waals surface area contributed by atoms with Gasteiger partial charge in [0, 0.05) is 45.1 Å². The molecule has 8 bridgehead atoms. The van der Waals surface area contributed by atoms with E-state index in [9.17, 15) is 0 Å². The van der Waals surface area contributed by atoms with Gasteiger partial charge in [-0.25, -0.2) is 9.97 Å². The minimum Gasteiger partial charge on any atom is -0.490 e. The summed E-state index contributed by atoms with van der Waals surface area (Å²) in [5.41, 5.74) is 7.32. The summed E-state index contributed by atoms with van der Waals surface area (Å²) in [5.74, 6) is 2.83. The summed E-state index contributed by atoms with van der Waals surface area (Å²) < 4.78 is 18.3. The first-order valence-electron chi connectivity index (χ1n) is 18.7. The summed E-state index contributed by atoms with van der Waals surface area (Å²) in [7, 11) is 0. The third-order valence-corrected chi connectivity index (χ3v) is 10.1. The van der Waals surface area contributed by atoms with Gasteiger partial charge in [-0.3, -0.25) is 4.98 Å². The van der Waals surface area contributed by atoms with Crippen molar-refractivity contribution < 1.29 is 33.7 Å². The fraction of sp³-hybridized carbons (Fsp3) is 0.0870. The second-order valence-electron chi connectivity index (χ2n) is 13.6. The first-order chi connectivity index (χ1) is 28.2. The zero-order chi connectivity index (χ0) is 37.7. The molecule has 9 aromatic rings. The molecule has 0 saturated carbocycles. The van der Waals surface area contributed by atoms with Crippen LogP contribution < -0.4 is 19.4 Å². The molecule has 5 aromatic carbocycles. The van der Waals surface area contributed by atoms with Crippen LogP contribution in [0.3, 0.4) is 0 Å². The molecule has 4 aromatic heterocycles. The predicted octanol–water partition coefficient (Wildman–Crippen LogP) is 8.75. The normalized spacial score (nSPS) is 11.7. The van der Waals surface area contributed by atoms with Gasteiger partial charge < -0.3 is 39.1 Å². The van der Waals surface area contributed by atoms with E-state index in [-0.39, 0.29) is 19.5 Å². The zero-order valence-electron chi connectivity index (χ0n) is 31.0. The van der Waals surface area contributed by atoms with Gasteiger partial charge in [-0.2, -0.15) is 0 Å². The zero-order valence-corrected chi connectivity index (χ0v) is 34.0. The maximum absolute atomic E-state index is 6.39. The molecule has 0 radical (unpaired) electrons. The Morgan fingerprint density at radius 2 is 1.05 bits per heavy atom. The number of ether oxygens (including phenoxy) is 3. The van der Waals surface area contributed by atoms with E-state index in [0.29, 0.717) is 66.6 Å². The molecule has 2 aliphatic heterocycles. The number of nitrogens with zero attached hydrogens (tertiary/aromatic N) is 8. The summed E-state index contributed by atoms with van der Waals surface area (Å²) in [6.45, 7) is 1.41. The molecule has 58 heavy (non-hydrogen) atoms. The van der Waals surface area contributed by atoms with Crippen LogP contribution >= 0.6 is 0 Å². The number of para-hydroxylation sites is 1. The molecule has 2 aliphatic rings. The van der Waals surface area contributed by atoms with Crippen LogP contribution in [0.1, 0.15) is 0 Å². The maximum atomic E-state index is 6.39. The molecule has 0 N–H and O–H groups in total. The molecule has 0 spiro atoms. The molecule has 0 saturated heterocycles. The monoisotopic (exact) mass is 806 g/mol. The third kappa shape index (κ3) is 6.23. The number of benzene rings is 5. The fourth-order valence-corrected chi connectivity index (χ4v) is 7.52. The van der Waals surface area contributed by atoms with Gasteiger partial charge in [0.05, 0.1) is 36.4 Å². The molecular weight excluding hydrogens is 778 g/mol. The number of rotatable bonds is 8. The molecule has 6 heterocycles. The summed E-state index contributed by atoms with van der Waals surface area (Å²) in [6, 6.07) is 41.8. The number of aromatic nitrogens is 8. The topological polar surface area (TPSA) is 133 Å². The summed E-state index contributed by atoms with van der Waals surface area (Å²) in [6.07, 6.45) is 1.76. The average Bonchev–Trinajstić information content (AvgIpc) is 3.99. The van der Waals surface area contributed by atoms with Gasteiger partial charge in [0.2, 0.25) is 0 Å².